The minimum atomic E-state index is -0.477. The van der Waals surface area contributed by atoms with E-state index in [2.05, 4.69) is 10.6 Å². The molecule has 0 heterocycles. The molecule has 5 nitrogen and oxygen atoms in total. The summed E-state index contributed by atoms with van der Waals surface area (Å²) in [6, 6.07) is 1.63. The summed E-state index contributed by atoms with van der Waals surface area (Å²) in [6.07, 6.45) is 0.740. The molecule has 0 rings (SSSR count). The van der Waals surface area contributed by atoms with Crippen LogP contribution >= 0.6 is 0 Å². The van der Waals surface area contributed by atoms with Crippen molar-refractivity contribution in [2.24, 2.45) is 0 Å². The van der Waals surface area contributed by atoms with Crippen LogP contribution in [-0.2, 0) is 4.79 Å². The molecule has 0 aromatic carbocycles. The molecule has 0 saturated heterocycles. The Morgan fingerprint density at radius 1 is 1.53 bits per heavy atom. The zero-order chi connectivity index (χ0) is 11.7. The van der Waals surface area contributed by atoms with Gasteiger partial charge >= 0.3 is 0 Å². The molecule has 15 heavy (non-hydrogen) atoms. The van der Waals surface area contributed by atoms with E-state index in [1.54, 1.807) is 0 Å². The molecule has 1 amide bonds. The normalized spacial score (nSPS) is 12.2. The summed E-state index contributed by atoms with van der Waals surface area (Å²) in [6.45, 7) is 4.38. The predicted octanol–water partition coefficient (Wildman–Crippen LogP) is -0.235. The van der Waals surface area contributed by atoms with Crippen molar-refractivity contribution in [1.82, 2.24) is 10.6 Å². The number of nitrogens with one attached hydrogen (secondary N) is 2. The first kappa shape index (κ1) is 13.9. The standard InChI is InChI=1S/C10H19N3O2/c1-8(2)13-10(15)6-9(7-11)12-4-3-5-14/h8-9,12,14H,3-6H2,1-2H3,(H,13,15). The third-order valence-electron chi connectivity index (χ3n) is 1.72. The molecule has 5 heteroatoms. The van der Waals surface area contributed by atoms with Crippen LogP contribution in [0.25, 0.3) is 0 Å². The van der Waals surface area contributed by atoms with Gasteiger partial charge in [0.15, 0.2) is 0 Å². The maximum absolute atomic E-state index is 11.3. The largest absolute Gasteiger partial charge is 0.396 e. The number of nitrogens with zero attached hydrogens (tertiary/aromatic N) is 1. The second kappa shape index (κ2) is 8.21. The Balaban J connectivity index is 3.79. The van der Waals surface area contributed by atoms with Gasteiger partial charge in [0.1, 0.15) is 6.04 Å². The van der Waals surface area contributed by atoms with E-state index < -0.39 is 6.04 Å². The summed E-state index contributed by atoms with van der Waals surface area (Å²) in [5.41, 5.74) is 0. The SMILES string of the molecule is CC(C)NC(=O)CC(C#N)NCCCO. The lowest BCUT2D eigenvalue weighted by Crippen LogP contribution is -2.37. The Labute approximate surface area is 90.5 Å². The fourth-order valence-electron chi connectivity index (χ4n) is 1.09. The smallest absolute Gasteiger partial charge is 0.222 e. The van der Waals surface area contributed by atoms with Crippen LogP contribution in [0.5, 0.6) is 0 Å². The number of amides is 1. The third-order valence-corrected chi connectivity index (χ3v) is 1.72. The van der Waals surface area contributed by atoms with Crippen molar-refractivity contribution in [3.05, 3.63) is 0 Å². The summed E-state index contributed by atoms with van der Waals surface area (Å²) in [7, 11) is 0. The lowest BCUT2D eigenvalue weighted by molar-refractivity contribution is -0.121. The zero-order valence-corrected chi connectivity index (χ0v) is 9.29. The number of hydrogen-bond donors (Lipinski definition) is 3. The molecule has 1 unspecified atom stereocenters. The molecule has 0 aliphatic rings. The third kappa shape index (κ3) is 7.91. The topological polar surface area (TPSA) is 85.2 Å². The van der Waals surface area contributed by atoms with Crippen LogP contribution in [0.15, 0.2) is 0 Å². The molecular formula is C10H19N3O2. The van der Waals surface area contributed by atoms with Crippen molar-refractivity contribution < 1.29 is 9.90 Å². The highest BCUT2D eigenvalue weighted by Crippen LogP contribution is 1.92. The average molecular weight is 213 g/mol. The van der Waals surface area contributed by atoms with Crippen LogP contribution < -0.4 is 10.6 Å². The van der Waals surface area contributed by atoms with Gasteiger partial charge in [-0.25, -0.2) is 0 Å². The number of carbonyl (C=O) groups excluding carboxylic acids is 1. The molecule has 3 N–H and O–H groups in total. The summed E-state index contributed by atoms with van der Waals surface area (Å²) in [5, 5.41) is 22.9. The Morgan fingerprint density at radius 2 is 2.20 bits per heavy atom. The molecular weight excluding hydrogens is 194 g/mol. The summed E-state index contributed by atoms with van der Waals surface area (Å²) in [5.74, 6) is -0.131. The molecule has 86 valence electrons. The van der Waals surface area contributed by atoms with Crippen LogP contribution in [0.3, 0.4) is 0 Å². The highest BCUT2D eigenvalue weighted by molar-refractivity contribution is 5.77. The Bertz CT molecular complexity index is 223. The predicted molar refractivity (Wildman–Crippen MR) is 57.0 cm³/mol. The van der Waals surface area contributed by atoms with Crippen molar-refractivity contribution in [2.75, 3.05) is 13.2 Å². The number of carbonyl (C=O) groups is 1. The van der Waals surface area contributed by atoms with Crippen molar-refractivity contribution in [1.29, 1.82) is 5.26 Å². The van der Waals surface area contributed by atoms with E-state index in [1.165, 1.54) is 0 Å². The molecule has 0 bridgehead atoms. The van der Waals surface area contributed by atoms with E-state index in [9.17, 15) is 4.79 Å². The van der Waals surface area contributed by atoms with Crippen LogP contribution in [0.1, 0.15) is 26.7 Å². The van der Waals surface area contributed by atoms with E-state index in [-0.39, 0.29) is 25.0 Å². The van der Waals surface area contributed by atoms with Crippen LogP contribution in [-0.4, -0.2) is 36.2 Å². The molecule has 0 radical (unpaired) electrons. The van der Waals surface area contributed by atoms with Crippen LogP contribution in [0.2, 0.25) is 0 Å². The average Bonchev–Trinajstić information content (AvgIpc) is 2.15. The first-order valence-corrected chi connectivity index (χ1v) is 5.13. The van der Waals surface area contributed by atoms with Gasteiger partial charge in [-0.2, -0.15) is 5.26 Å². The molecule has 0 fully saturated rings. The highest BCUT2D eigenvalue weighted by Gasteiger charge is 2.12. The fourth-order valence-corrected chi connectivity index (χ4v) is 1.09. The molecule has 0 saturated carbocycles. The molecule has 0 aromatic rings. The number of aliphatic hydroxyl groups excluding tert-OH is 1. The molecule has 1 atom stereocenters. The van der Waals surface area contributed by atoms with E-state index in [0.717, 1.165) is 0 Å². The Hall–Kier alpha value is -1.12. The van der Waals surface area contributed by atoms with E-state index in [1.807, 2.05) is 19.9 Å². The molecule has 0 aromatic heterocycles. The van der Waals surface area contributed by atoms with Crippen molar-refractivity contribution in [3.63, 3.8) is 0 Å². The maximum Gasteiger partial charge on any atom is 0.222 e. The van der Waals surface area contributed by atoms with Crippen molar-refractivity contribution >= 4 is 5.91 Å². The van der Waals surface area contributed by atoms with Gasteiger partial charge in [0.2, 0.25) is 5.91 Å². The second-order valence-corrected chi connectivity index (χ2v) is 3.64. The van der Waals surface area contributed by atoms with Gasteiger partial charge in [-0.15, -0.1) is 0 Å². The van der Waals surface area contributed by atoms with Gasteiger partial charge in [-0.3, -0.25) is 4.79 Å². The molecule has 0 spiro atoms. The zero-order valence-electron chi connectivity index (χ0n) is 9.29. The van der Waals surface area contributed by atoms with Gasteiger partial charge in [-0.1, -0.05) is 0 Å². The summed E-state index contributed by atoms with van der Waals surface area (Å²) in [4.78, 5) is 11.3. The van der Waals surface area contributed by atoms with Gasteiger partial charge in [0.25, 0.3) is 0 Å². The number of rotatable bonds is 7. The lowest BCUT2D eigenvalue weighted by atomic mass is 10.2. The summed E-state index contributed by atoms with van der Waals surface area (Å²) < 4.78 is 0. The van der Waals surface area contributed by atoms with Crippen molar-refractivity contribution in [3.8, 4) is 6.07 Å². The first-order chi connectivity index (χ1) is 7.10. The minimum absolute atomic E-state index is 0.0866. The van der Waals surface area contributed by atoms with Crippen molar-refractivity contribution in [2.45, 2.75) is 38.8 Å². The second-order valence-electron chi connectivity index (χ2n) is 3.64. The quantitative estimate of drug-likeness (QED) is 0.510. The van der Waals surface area contributed by atoms with Crippen LogP contribution in [0, 0.1) is 11.3 Å². The van der Waals surface area contributed by atoms with E-state index in [0.29, 0.717) is 13.0 Å². The van der Waals surface area contributed by atoms with Gasteiger partial charge < -0.3 is 15.7 Å². The number of hydrogen-bond acceptors (Lipinski definition) is 4. The Kier molecular flexibility index (Phi) is 7.60. The summed E-state index contributed by atoms with van der Waals surface area (Å²) >= 11 is 0. The number of nitriles is 1. The van der Waals surface area contributed by atoms with Gasteiger partial charge in [0, 0.05) is 12.6 Å². The van der Waals surface area contributed by atoms with E-state index >= 15 is 0 Å². The molecule has 0 aliphatic heterocycles. The van der Waals surface area contributed by atoms with Gasteiger partial charge in [-0.05, 0) is 26.8 Å². The fraction of sp³-hybridized carbons (Fsp3) is 0.800. The lowest BCUT2D eigenvalue weighted by Gasteiger charge is -2.12. The van der Waals surface area contributed by atoms with Gasteiger partial charge in [0.05, 0.1) is 12.5 Å². The monoisotopic (exact) mass is 213 g/mol. The number of aliphatic hydroxyl groups is 1. The highest BCUT2D eigenvalue weighted by atomic mass is 16.3. The van der Waals surface area contributed by atoms with E-state index in [4.69, 9.17) is 10.4 Å². The minimum Gasteiger partial charge on any atom is -0.396 e. The van der Waals surface area contributed by atoms with Crippen LogP contribution in [0.4, 0.5) is 0 Å². The molecule has 0 aliphatic carbocycles. The maximum atomic E-state index is 11.3. The first-order valence-electron chi connectivity index (χ1n) is 5.13. The Morgan fingerprint density at radius 3 is 2.67 bits per heavy atom.